The molecule has 0 spiro atoms. The van der Waals surface area contributed by atoms with Gasteiger partial charge < -0.3 is 19.7 Å². The molecule has 0 aliphatic carbocycles. The molecular weight excluding hydrogens is 160 g/mol. The van der Waals surface area contributed by atoms with Crippen LogP contribution in [-0.2, 0) is 9.47 Å². The molecule has 0 aromatic carbocycles. The Labute approximate surface area is 72.1 Å². The average Bonchev–Trinajstić information content (AvgIpc) is 1.99. The molecule has 0 aromatic heterocycles. The fraction of sp³-hybridized carbons (Fsp3) is 1.00. The first kappa shape index (κ1) is 9.92. The van der Waals surface area contributed by atoms with Gasteiger partial charge >= 0.3 is 0 Å². The van der Waals surface area contributed by atoms with E-state index in [1.165, 1.54) is 7.11 Å². The minimum absolute atomic E-state index is 0.301. The molecule has 1 rings (SSSR count). The van der Waals surface area contributed by atoms with E-state index < -0.39 is 24.1 Å². The van der Waals surface area contributed by atoms with Crippen LogP contribution in [0.4, 0.5) is 0 Å². The molecule has 2 N–H and O–H groups in total. The second kappa shape index (κ2) is 3.30. The highest BCUT2D eigenvalue weighted by Gasteiger charge is 2.43. The number of hydrogen-bond acceptors (Lipinski definition) is 4. The lowest BCUT2D eigenvalue weighted by molar-refractivity contribution is -0.264. The SMILES string of the molecule is CO[C@@H]1C[C@@](C)(O)[C@H](O)[C@H](C)O1. The molecular formula is C8H16O4. The predicted octanol–water partition coefficient (Wildman–Crippen LogP) is -0.120. The Morgan fingerprint density at radius 2 is 2.17 bits per heavy atom. The normalized spacial score (nSPS) is 49.2. The van der Waals surface area contributed by atoms with Crippen molar-refractivity contribution in [2.75, 3.05) is 7.11 Å². The second-order valence-electron chi connectivity index (χ2n) is 3.51. The number of rotatable bonds is 1. The third-order valence-electron chi connectivity index (χ3n) is 2.29. The van der Waals surface area contributed by atoms with Crippen molar-refractivity contribution in [1.82, 2.24) is 0 Å². The lowest BCUT2D eigenvalue weighted by atomic mass is 9.89. The third-order valence-corrected chi connectivity index (χ3v) is 2.29. The van der Waals surface area contributed by atoms with Crippen LogP contribution in [0.1, 0.15) is 20.3 Å². The molecule has 1 aliphatic rings. The van der Waals surface area contributed by atoms with Crippen molar-refractivity contribution in [2.24, 2.45) is 0 Å². The van der Waals surface area contributed by atoms with Gasteiger partial charge in [-0.05, 0) is 13.8 Å². The van der Waals surface area contributed by atoms with Crippen LogP contribution in [0.25, 0.3) is 0 Å². The third kappa shape index (κ3) is 1.77. The average molecular weight is 176 g/mol. The number of hydrogen-bond donors (Lipinski definition) is 2. The van der Waals surface area contributed by atoms with E-state index in [0.717, 1.165) is 0 Å². The first-order chi connectivity index (χ1) is 5.47. The van der Waals surface area contributed by atoms with Crippen molar-refractivity contribution in [3.8, 4) is 0 Å². The van der Waals surface area contributed by atoms with Crippen molar-refractivity contribution in [3.05, 3.63) is 0 Å². The Bertz CT molecular complexity index is 157. The van der Waals surface area contributed by atoms with E-state index in [2.05, 4.69) is 0 Å². The fourth-order valence-corrected chi connectivity index (χ4v) is 1.46. The molecule has 0 saturated carbocycles. The van der Waals surface area contributed by atoms with Crippen molar-refractivity contribution >= 4 is 0 Å². The summed E-state index contributed by atoms with van der Waals surface area (Å²) in [5.41, 5.74) is -1.11. The number of methoxy groups -OCH3 is 1. The Morgan fingerprint density at radius 1 is 1.58 bits per heavy atom. The van der Waals surface area contributed by atoms with Gasteiger partial charge in [-0.2, -0.15) is 0 Å². The van der Waals surface area contributed by atoms with Crippen LogP contribution in [0.15, 0.2) is 0 Å². The highest BCUT2D eigenvalue weighted by atomic mass is 16.7. The van der Waals surface area contributed by atoms with Crippen molar-refractivity contribution in [3.63, 3.8) is 0 Å². The summed E-state index contributed by atoms with van der Waals surface area (Å²) in [5.74, 6) is 0. The van der Waals surface area contributed by atoms with Crippen LogP contribution in [0.5, 0.6) is 0 Å². The Morgan fingerprint density at radius 3 is 2.58 bits per heavy atom. The van der Waals surface area contributed by atoms with Crippen LogP contribution < -0.4 is 0 Å². The highest BCUT2D eigenvalue weighted by molar-refractivity contribution is 4.90. The molecule has 72 valence electrons. The smallest absolute Gasteiger partial charge is 0.160 e. The quantitative estimate of drug-likeness (QED) is 0.584. The van der Waals surface area contributed by atoms with Crippen LogP contribution in [0.2, 0.25) is 0 Å². The first-order valence-electron chi connectivity index (χ1n) is 4.06. The summed E-state index contributed by atoms with van der Waals surface area (Å²) in [6, 6.07) is 0. The molecule has 1 saturated heterocycles. The van der Waals surface area contributed by atoms with Gasteiger partial charge in [-0.1, -0.05) is 0 Å². The maximum absolute atomic E-state index is 9.70. The maximum Gasteiger partial charge on any atom is 0.160 e. The molecule has 4 heteroatoms. The second-order valence-corrected chi connectivity index (χ2v) is 3.51. The summed E-state index contributed by atoms with van der Waals surface area (Å²) in [6.45, 7) is 3.30. The molecule has 0 aromatic rings. The van der Waals surface area contributed by atoms with Gasteiger partial charge in [-0.25, -0.2) is 0 Å². The van der Waals surface area contributed by atoms with Crippen LogP contribution >= 0.6 is 0 Å². The van der Waals surface area contributed by atoms with Gasteiger partial charge in [0, 0.05) is 13.5 Å². The van der Waals surface area contributed by atoms with Gasteiger partial charge in [0.25, 0.3) is 0 Å². The van der Waals surface area contributed by atoms with Gasteiger partial charge in [-0.3, -0.25) is 0 Å². The minimum Gasteiger partial charge on any atom is -0.387 e. The van der Waals surface area contributed by atoms with E-state index in [1.807, 2.05) is 0 Å². The van der Waals surface area contributed by atoms with E-state index in [0.29, 0.717) is 6.42 Å². The Balaban J connectivity index is 2.65. The Hall–Kier alpha value is -0.160. The molecule has 1 aliphatic heterocycles. The monoisotopic (exact) mass is 176 g/mol. The number of ether oxygens (including phenoxy) is 2. The van der Waals surface area contributed by atoms with Gasteiger partial charge in [0.15, 0.2) is 6.29 Å². The molecule has 0 amide bonds. The topological polar surface area (TPSA) is 58.9 Å². The lowest BCUT2D eigenvalue weighted by Crippen LogP contribution is -2.54. The number of aliphatic hydroxyl groups excluding tert-OH is 1. The van der Waals surface area contributed by atoms with Crippen molar-refractivity contribution in [1.29, 1.82) is 0 Å². The molecule has 4 nitrogen and oxygen atoms in total. The molecule has 0 unspecified atom stereocenters. The largest absolute Gasteiger partial charge is 0.387 e. The zero-order valence-corrected chi connectivity index (χ0v) is 7.65. The summed E-state index contributed by atoms with van der Waals surface area (Å²) in [4.78, 5) is 0. The van der Waals surface area contributed by atoms with Gasteiger partial charge in [0.05, 0.1) is 11.7 Å². The van der Waals surface area contributed by atoms with Crippen LogP contribution in [-0.4, -0.2) is 41.4 Å². The summed E-state index contributed by atoms with van der Waals surface area (Å²) in [7, 11) is 1.52. The highest BCUT2D eigenvalue weighted by Crippen LogP contribution is 2.28. The molecule has 0 radical (unpaired) electrons. The van der Waals surface area contributed by atoms with E-state index >= 15 is 0 Å². The van der Waals surface area contributed by atoms with E-state index in [4.69, 9.17) is 9.47 Å². The van der Waals surface area contributed by atoms with Gasteiger partial charge in [0.2, 0.25) is 0 Å². The van der Waals surface area contributed by atoms with Crippen LogP contribution in [0.3, 0.4) is 0 Å². The fourth-order valence-electron chi connectivity index (χ4n) is 1.46. The molecule has 12 heavy (non-hydrogen) atoms. The summed E-state index contributed by atoms with van der Waals surface area (Å²) < 4.78 is 10.2. The predicted molar refractivity (Wildman–Crippen MR) is 42.6 cm³/mol. The van der Waals surface area contributed by atoms with Gasteiger partial charge in [-0.15, -0.1) is 0 Å². The summed E-state index contributed by atoms with van der Waals surface area (Å²) in [6.07, 6.45) is -1.35. The molecule has 4 atom stereocenters. The van der Waals surface area contributed by atoms with E-state index in [-0.39, 0.29) is 0 Å². The molecule has 0 bridgehead atoms. The van der Waals surface area contributed by atoms with Crippen molar-refractivity contribution < 1.29 is 19.7 Å². The van der Waals surface area contributed by atoms with E-state index in [9.17, 15) is 10.2 Å². The zero-order valence-electron chi connectivity index (χ0n) is 7.65. The zero-order chi connectivity index (χ0) is 9.35. The maximum atomic E-state index is 9.70. The molecule has 1 fully saturated rings. The number of aliphatic hydroxyl groups is 2. The van der Waals surface area contributed by atoms with Crippen molar-refractivity contribution in [2.45, 2.75) is 44.4 Å². The minimum atomic E-state index is -1.11. The first-order valence-corrected chi connectivity index (χ1v) is 4.06. The Kier molecular flexibility index (Phi) is 2.73. The lowest BCUT2D eigenvalue weighted by Gasteiger charge is -2.41. The molecule has 1 heterocycles. The standard InChI is InChI=1S/C8H16O4/c1-5-7(9)8(2,10)4-6(11-3)12-5/h5-7,9-10H,4H2,1-3H3/t5-,6-,7+,8+/m0/s1. The van der Waals surface area contributed by atoms with E-state index in [1.54, 1.807) is 13.8 Å². The summed E-state index contributed by atoms with van der Waals surface area (Å²) in [5, 5.41) is 19.2. The van der Waals surface area contributed by atoms with Gasteiger partial charge in [0.1, 0.15) is 6.10 Å². The summed E-state index contributed by atoms with van der Waals surface area (Å²) >= 11 is 0. The van der Waals surface area contributed by atoms with Crippen LogP contribution in [0, 0.1) is 0 Å².